The number of carbonyl (C=O) groups is 3. The van der Waals surface area contributed by atoms with E-state index in [1.54, 1.807) is 19.9 Å². The summed E-state index contributed by atoms with van der Waals surface area (Å²) >= 11 is 1.09. The van der Waals surface area contributed by atoms with Crippen LogP contribution in [0.15, 0.2) is 24.3 Å². The lowest BCUT2D eigenvalue weighted by Gasteiger charge is -2.06. The van der Waals surface area contributed by atoms with Gasteiger partial charge < -0.3 is 15.8 Å². The molecular weight excluding hydrogens is 421 g/mol. The van der Waals surface area contributed by atoms with Gasteiger partial charge in [-0.3, -0.25) is 9.59 Å². The Balaban J connectivity index is 1.92. The first-order chi connectivity index (χ1) is 14.7. The van der Waals surface area contributed by atoms with Crippen molar-refractivity contribution in [1.29, 1.82) is 0 Å². The summed E-state index contributed by atoms with van der Waals surface area (Å²) in [5.74, 6) is -1.66. The molecule has 3 rings (SSSR count). The SMILES string of the molecule is CCOC(=O)c1cc2c(N)c(C(=O)c3ccc(CCNC(C)=O)c(F)c3)sc2nc1C. The van der Waals surface area contributed by atoms with Crippen LogP contribution >= 0.6 is 11.3 Å². The van der Waals surface area contributed by atoms with Crippen molar-refractivity contribution in [2.24, 2.45) is 0 Å². The minimum Gasteiger partial charge on any atom is -0.462 e. The molecule has 9 heteroatoms. The summed E-state index contributed by atoms with van der Waals surface area (Å²) in [5.41, 5.74) is 7.69. The van der Waals surface area contributed by atoms with E-state index in [0.717, 1.165) is 17.4 Å². The number of esters is 1. The third-order valence-electron chi connectivity index (χ3n) is 4.70. The molecule has 0 aliphatic rings. The molecule has 0 fully saturated rings. The predicted octanol–water partition coefficient (Wildman–Crippen LogP) is 3.41. The van der Waals surface area contributed by atoms with Crippen molar-refractivity contribution in [3.63, 3.8) is 0 Å². The van der Waals surface area contributed by atoms with Gasteiger partial charge in [-0.25, -0.2) is 14.2 Å². The summed E-state index contributed by atoms with van der Waals surface area (Å²) in [6, 6.07) is 5.79. The number of anilines is 1. The minimum atomic E-state index is -0.533. The maximum atomic E-state index is 14.5. The van der Waals surface area contributed by atoms with E-state index in [4.69, 9.17) is 10.5 Å². The van der Waals surface area contributed by atoms with Gasteiger partial charge in [0.25, 0.3) is 0 Å². The number of fused-ring (bicyclic) bond motifs is 1. The number of nitrogen functional groups attached to an aromatic ring is 1. The Morgan fingerprint density at radius 3 is 2.65 bits per heavy atom. The number of hydrogen-bond donors (Lipinski definition) is 2. The number of hydrogen-bond acceptors (Lipinski definition) is 7. The van der Waals surface area contributed by atoms with E-state index in [-0.39, 0.29) is 34.2 Å². The molecule has 3 aromatic rings. The van der Waals surface area contributed by atoms with Gasteiger partial charge in [0.15, 0.2) is 0 Å². The molecule has 0 saturated carbocycles. The first kappa shape index (κ1) is 22.4. The molecule has 31 heavy (non-hydrogen) atoms. The van der Waals surface area contributed by atoms with Crippen molar-refractivity contribution in [2.45, 2.75) is 27.2 Å². The smallest absolute Gasteiger partial charge is 0.339 e. The van der Waals surface area contributed by atoms with Crippen LogP contribution in [0.3, 0.4) is 0 Å². The van der Waals surface area contributed by atoms with Crippen molar-refractivity contribution in [2.75, 3.05) is 18.9 Å². The first-order valence-corrected chi connectivity index (χ1v) is 10.5. The average molecular weight is 444 g/mol. The van der Waals surface area contributed by atoms with Gasteiger partial charge in [0.1, 0.15) is 15.5 Å². The Labute approximate surface area is 182 Å². The zero-order chi connectivity index (χ0) is 22.7. The summed E-state index contributed by atoms with van der Waals surface area (Å²) in [5, 5.41) is 3.09. The van der Waals surface area contributed by atoms with Crippen molar-refractivity contribution in [1.82, 2.24) is 10.3 Å². The molecule has 0 atom stereocenters. The second-order valence-corrected chi connectivity index (χ2v) is 7.91. The molecule has 7 nitrogen and oxygen atoms in total. The number of nitrogens with two attached hydrogens (primary N) is 1. The number of ketones is 1. The van der Waals surface area contributed by atoms with Gasteiger partial charge in [-0.05, 0) is 38.0 Å². The molecular formula is C22H22FN3O4S. The van der Waals surface area contributed by atoms with Crippen molar-refractivity contribution >= 4 is 44.9 Å². The number of amides is 1. The van der Waals surface area contributed by atoms with Crippen LogP contribution < -0.4 is 11.1 Å². The van der Waals surface area contributed by atoms with Crippen LogP contribution in [0.5, 0.6) is 0 Å². The fourth-order valence-electron chi connectivity index (χ4n) is 3.11. The van der Waals surface area contributed by atoms with E-state index < -0.39 is 17.6 Å². The van der Waals surface area contributed by atoms with E-state index in [9.17, 15) is 18.8 Å². The summed E-state index contributed by atoms with van der Waals surface area (Å²) in [7, 11) is 0. The standard InChI is InChI=1S/C22H22FN3O4S/c1-4-30-22(29)15-10-16-18(24)20(31-21(16)26-11(15)2)19(28)14-6-5-13(17(23)9-14)7-8-25-12(3)27/h5-6,9-10H,4,7-8,24H2,1-3H3,(H,25,27). The van der Waals surface area contributed by atoms with Crippen LogP contribution in [0.1, 0.15) is 50.7 Å². The lowest BCUT2D eigenvalue weighted by molar-refractivity contribution is -0.118. The normalized spacial score (nSPS) is 10.8. The topological polar surface area (TPSA) is 111 Å². The third kappa shape index (κ3) is 4.72. The van der Waals surface area contributed by atoms with Crippen LogP contribution in [0.4, 0.5) is 10.1 Å². The van der Waals surface area contributed by atoms with Crippen molar-refractivity contribution in [3.05, 3.63) is 57.3 Å². The fourth-order valence-corrected chi connectivity index (χ4v) is 4.19. The zero-order valence-corrected chi connectivity index (χ0v) is 18.2. The highest BCUT2D eigenvalue weighted by Crippen LogP contribution is 2.35. The van der Waals surface area contributed by atoms with Crippen LogP contribution in [-0.4, -0.2) is 35.8 Å². The molecule has 1 amide bonds. The number of aromatic nitrogens is 1. The molecule has 0 radical (unpaired) electrons. The Morgan fingerprint density at radius 1 is 1.26 bits per heavy atom. The average Bonchev–Trinajstić information content (AvgIpc) is 3.03. The summed E-state index contributed by atoms with van der Waals surface area (Å²) in [6.07, 6.45) is 0.310. The molecule has 0 aliphatic heterocycles. The summed E-state index contributed by atoms with van der Waals surface area (Å²) in [4.78, 5) is 41.2. The Hall–Kier alpha value is -3.33. The highest BCUT2D eigenvalue weighted by atomic mass is 32.1. The molecule has 162 valence electrons. The number of benzene rings is 1. The van der Waals surface area contributed by atoms with Gasteiger partial charge in [0, 0.05) is 24.4 Å². The zero-order valence-electron chi connectivity index (χ0n) is 17.4. The van der Waals surface area contributed by atoms with E-state index in [1.165, 1.54) is 19.1 Å². The molecule has 0 spiro atoms. The molecule has 3 N–H and O–H groups in total. The minimum absolute atomic E-state index is 0.154. The second-order valence-electron chi connectivity index (χ2n) is 6.91. The monoisotopic (exact) mass is 443 g/mol. The van der Waals surface area contributed by atoms with Gasteiger partial charge in [-0.2, -0.15) is 0 Å². The van der Waals surface area contributed by atoms with E-state index in [1.807, 2.05) is 0 Å². The van der Waals surface area contributed by atoms with Crippen LogP contribution in [0, 0.1) is 12.7 Å². The van der Waals surface area contributed by atoms with E-state index in [2.05, 4.69) is 10.3 Å². The Kier molecular flexibility index (Phi) is 6.65. The summed E-state index contributed by atoms with van der Waals surface area (Å²) < 4.78 is 19.5. The van der Waals surface area contributed by atoms with Gasteiger partial charge in [0.2, 0.25) is 11.7 Å². The molecule has 0 unspecified atom stereocenters. The molecule has 2 heterocycles. The third-order valence-corrected chi connectivity index (χ3v) is 5.81. The molecule has 2 aromatic heterocycles. The number of halogens is 1. The first-order valence-electron chi connectivity index (χ1n) is 9.67. The van der Waals surface area contributed by atoms with E-state index >= 15 is 0 Å². The maximum absolute atomic E-state index is 14.5. The molecule has 1 aromatic carbocycles. The number of nitrogens with zero attached hydrogens (tertiary/aromatic N) is 1. The number of ether oxygens (including phenoxy) is 1. The number of pyridine rings is 1. The Bertz CT molecular complexity index is 1190. The number of aryl methyl sites for hydroxylation is 1. The van der Waals surface area contributed by atoms with Gasteiger partial charge in [-0.15, -0.1) is 11.3 Å². The van der Waals surface area contributed by atoms with E-state index in [0.29, 0.717) is 34.4 Å². The maximum Gasteiger partial charge on any atom is 0.339 e. The molecule has 0 saturated heterocycles. The van der Waals surface area contributed by atoms with Gasteiger partial charge in [0.05, 0.1) is 23.6 Å². The number of carbonyl (C=O) groups excluding carboxylic acids is 3. The van der Waals surface area contributed by atoms with Crippen LogP contribution in [0.25, 0.3) is 10.2 Å². The lowest BCUT2D eigenvalue weighted by Crippen LogP contribution is -2.22. The number of nitrogens with one attached hydrogen (secondary N) is 1. The highest BCUT2D eigenvalue weighted by Gasteiger charge is 2.22. The molecule has 0 aliphatic carbocycles. The largest absolute Gasteiger partial charge is 0.462 e. The number of thiophene rings is 1. The van der Waals surface area contributed by atoms with Crippen LogP contribution in [-0.2, 0) is 16.0 Å². The quantitative estimate of drug-likeness (QED) is 0.428. The predicted molar refractivity (Wildman–Crippen MR) is 117 cm³/mol. The van der Waals surface area contributed by atoms with Gasteiger partial charge in [-0.1, -0.05) is 12.1 Å². The lowest BCUT2D eigenvalue weighted by atomic mass is 10.0. The van der Waals surface area contributed by atoms with Crippen LogP contribution in [0.2, 0.25) is 0 Å². The fraction of sp³-hybridized carbons (Fsp3) is 0.273. The number of rotatable bonds is 7. The molecule has 0 bridgehead atoms. The highest BCUT2D eigenvalue weighted by molar-refractivity contribution is 7.21. The van der Waals surface area contributed by atoms with Crippen molar-refractivity contribution < 1.29 is 23.5 Å². The summed E-state index contributed by atoms with van der Waals surface area (Å²) in [6.45, 7) is 5.30. The Morgan fingerprint density at radius 2 is 2.00 bits per heavy atom. The second kappa shape index (κ2) is 9.22. The van der Waals surface area contributed by atoms with Gasteiger partial charge >= 0.3 is 5.97 Å². The van der Waals surface area contributed by atoms with Crippen molar-refractivity contribution in [3.8, 4) is 0 Å².